The lowest BCUT2D eigenvalue weighted by molar-refractivity contribution is 0.129. The maximum atomic E-state index is 3.50. The fourth-order valence-corrected chi connectivity index (χ4v) is 4.32. The predicted octanol–water partition coefficient (Wildman–Crippen LogP) is 1.69. The molecule has 3 rings (SSSR count). The number of hydrogen-bond donors (Lipinski definition) is 1. The summed E-state index contributed by atoms with van der Waals surface area (Å²) in [6.07, 6.45) is 9.88. The molecule has 0 aromatic rings. The van der Waals surface area contributed by atoms with Gasteiger partial charge in [0.2, 0.25) is 0 Å². The van der Waals surface area contributed by atoms with Crippen LogP contribution in [-0.4, -0.2) is 61.2 Å². The molecule has 1 saturated carbocycles. The van der Waals surface area contributed by atoms with Gasteiger partial charge in [0.05, 0.1) is 0 Å². The van der Waals surface area contributed by atoms with Gasteiger partial charge in [-0.05, 0) is 65.2 Å². The van der Waals surface area contributed by atoms with Gasteiger partial charge in [0, 0.05) is 24.7 Å². The highest BCUT2D eigenvalue weighted by Gasteiger charge is 2.33. The molecule has 0 radical (unpaired) electrons. The Kier molecular flexibility index (Phi) is 4.22. The average molecular weight is 251 g/mol. The topological polar surface area (TPSA) is 18.5 Å². The molecule has 3 heteroatoms. The molecular weight excluding hydrogens is 222 g/mol. The van der Waals surface area contributed by atoms with Crippen LogP contribution in [0.4, 0.5) is 0 Å². The Morgan fingerprint density at radius 2 is 1.61 bits per heavy atom. The molecular formula is C15H29N3. The molecule has 104 valence electrons. The van der Waals surface area contributed by atoms with E-state index in [1.54, 1.807) is 0 Å². The molecule has 0 amide bonds. The Bertz CT molecular complexity index is 268. The Morgan fingerprint density at radius 1 is 0.833 bits per heavy atom. The molecule has 0 bridgehead atoms. The monoisotopic (exact) mass is 251 g/mol. The summed E-state index contributed by atoms with van der Waals surface area (Å²) in [5.41, 5.74) is 0. The maximum Gasteiger partial charge on any atom is 0.0223 e. The van der Waals surface area contributed by atoms with Gasteiger partial charge in [-0.1, -0.05) is 6.42 Å². The quantitative estimate of drug-likeness (QED) is 0.806. The normalized spacial score (nSPS) is 39.5. The molecule has 3 aliphatic rings. The van der Waals surface area contributed by atoms with Gasteiger partial charge in [-0.15, -0.1) is 0 Å². The van der Waals surface area contributed by atoms with E-state index in [4.69, 9.17) is 0 Å². The van der Waals surface area contributed by atoms with Crippen molar-refractivity contribution in [1.29, 1.82) is 0 Å². The fourth-order valence-electron chi connectivity index (χ4n) is 4.32. The van der Waals surface area contributed by atoms with Crippen LogP contribution >= 0.6 is 0 Å². The third-order valence-corrected chi connectivity index (χ3v) is 5.41. The van der Waals surface area contributed by atoms with E-state index >= 15 is 0 Å². The zero-order valence-corrected chi connectivity index (χ0v) is 11.9. The van der Waals surface area contributed by atoms with Crippen molar-refractivity contribution in [3.63, 3.8) is 0 Å². The summed E-state index contributed by atoms with van der Waals surface area (Å²) in [5, 5.41) is 3.50. The van der Waals surface area contributed by atoms with Crippen LogP contribution in [0.3, 0.4) is 0 Å². The van der Waals surface area contributed by atoms with Crippen molar-refractivity contribution >= 4 is 0 Å². The summed E-state index contributed by atoms with van der Waals surface area (Å²) in [6, 6.07) is 2.51. The molecule has 0 aromatic heterocycles. The second kappa shape index (κ2) is 5.89. The van der Waals surface area contributed by atoms with Gasteiger partial charge >= 0.3 is 0 Å². The number of nitrogens with one attached hydrogen (secondary N) is 1. The van der Waals surface area contributed by atoms with Crippen LogP contribution in [0.2, 0.25) is 0 Å². The van der Waals surface area contributed by atoms with Gasteiger partial charge < -0.3 is 5.32 Å². The number of rotatable bonds is 2. The molecule has 2 heterocycles. The maximum absolute atomic E-state index is 3.50. The van der Waals surface area contributed by atoms with Crippen molar-refractivity contribution in [2.45, 2.75) is 63.1 Å². The summed E-state index contributed by atoms with van der Waals surface area (Å²) in [4.78, 5) is 5.58. The van der Waals surface area contributed by atoms with Crippen LogP contribution in [-0.2, 0) is 0 Å². The van der Waals surface area contributed by atoms with Crippen LogP contribution < -0.4 is 5.32 Å². The van der Waals surface area contributed by atoms with Gasteiger partial charge in [0.1, 0.15) is 0 Å². The van der Waals surface area contributed by atoms with Gasteiger partial charge in [0.25, 0.3) is 0 Å². The molecule has 3 fully saturated rings. The predicted molar refractivity (Wildman–Crippen MR) is 75.9 cm³/mol. The summed E-state index contributed by atoms with van der Waals surface area (Å²) in [7, 11) is 2.13. The lowest BCUT2D eigenvalue weighted by Gasteiger charge is -2.38. The second-order valence-corrected chi connectivity index (χ2v) is 6.49. The first-order valence-electron chi connectivity index (χ1n) is 8.02. The largest absolute Gasteiger partial charge is 0.317 e. The van der Waals surface area contributed by atoms with Crippen molar-refractivity contribution in [2.75, 3.05) is 33.2 Å². The second-order valence-electron chi connectivity index (χ2n) is 6.49. The van der Waals surface area contributed by atoms with Gasteiger partial charge in [-0.25, -0.2) is 0 Å². The van der Waals surface area contributed by atoms with E-state index in [0.29, 0.717) is 0 Å². The van der Waals surface area contributed by atoms with E-state index in [9.17, 15) is 0 Å². The zero-order chi connectivity index (χ0) is 12.4. The zero-order valence-electron chi connectivity index (χ0n) is 11.9. The SMILES string of the molecule is CNC1CCCC(N2CCCN3CCCC3C2)C1. The van der Waals surface area contributed by atoms with E-state index in [2.05, 4.69) is 22.2 Å². The molecule has 3 atom stereocenters. The standard InChI is InChI=1S/C15H29N3/c1-16-13-5-2-6-14(11-13)18-10-4-9-17-8-3-7-15(17)12-18/h13-16H,2-12H2,1H3. The first-order chi connectivity index (χ1) is 8.86. The van der Waals surface area contributed by atoms with E-state index in [1.165, 1.54) is 71.1 Å². The number of fused-ring (bicyclic) bond motifs is 1. The summed E-state index contributed by atoms with van der Waals surface area (Å²) in [5.74, 6) is 0. The van der Waals surface area contributed by atoms with Crippen LogP contribution in [0.25, 0.3) is 0 Å². The van der Waals surface area contributed by atoms with Crippen molar-refractivity contribution < 1.29 is 0 Å². The molecule has 18 heavy (non-hydrogen) atoms. The Balaban J connectivity index is 1.60. The third-order valence-electron chi connectivity index (χ3n) is 5.41. The summed E-state index contributed by atoms with van der Waals surface area (Å²) >= 11 is 0. The van der Waals surface area contributed by atoms with Gasteiger partial charge in [-0.2, -0.15) is 0 Å². The van der Waals surface area contributed by atoms with E-state index in [-0.39, 0.29) is 0 Å². The van der Waals surface area contributed by atoms with Crippen molar-refractivity contribution in [2.24, 2.45) is 0 Å². The highest BCUT2D eigenvalue weighted by Crippen LogP contribution is 2.27. The number of nitrogens with zero attached hydrogens (tertiary/aromatic N) is 2. The molecule has 0 aromatic carbocycles. The number of hydrogen-bond acceptors (Lipinski definition) is 3. The Hall–Kier alpha value is -0.120. The highest BCUT2D eigenvalue weighted by atomic mass is 15.3. The van der Waals surface area contributed by atoms with E-state index in [0.717, 1.165) is 18.1 Å². The Morgan fingerprint density at radius 3 is 2.50 bits per heavy atom. The average Bonchev–Trinajstić information content (AvgIpc) is 2.76. The lowest BCUT2D eigenvalue weighted by atomic mass is 9.89. The van der Waals surface area contributed by atoms with Crippen LogP contribution in [0.1, 0.15) is 44.9 Å². The van der Waals surface area contributed by atoms with Gasteiger partial charge in [-0.3, -0.25) is 9.80 Å². The Labute approximate surface area is 112 Å². The van der Waals surface area contributed by atoms with E-state index < -0.39 is 0 Å². The first kappa shape index (κ1) is 12.9. The lowest BCUT2D eigenvalue weighted by Crippen LogP contribution is -2.46. The van der Waals surface area contributed by atoms with Crippen molar-refractivity contribution in [3.8, 4) is 0 Å². The first-order valence-corrected chi connectivity index (χ1v) is 8.02. The van der Waals surface area contributed by atoms with Crippen molar-refractivity contribution in [1.82, 2.24) is 15.1 Å². The summed E-state index contributed by atoms with van der Waals surface area (Å²) in [6.45, 7) is 5.40. The molecule has 2 saturated heterocycles. The smallest absolute Gasteiger partial charge is 0.0223 e. The minimum absolute atomic E-state index is 0.770. The minimum atomic E-state index is 0.770. The minimum Gasteiger partial charge on any atom is -0.317 e. The highest BCUT2D eigenvalue weighted by molar-refractivity contribution is 4.90. The van der Waals surface area contributed by atoms with Crippen LogP contribution in [0, 0.1) is 0 Å². The van der Waals surface area contributed by atoms with Crippen LogP contribution in [0.5, 0.6) is 0 Å². The molecule has 1 N–H and O–H groups in total. The molecule has 0 spiro atoms. The van der Waals surface area contributed by atoms with Gasteiger partial charge in [0.15, 0.2) is 0 Å². The molecule has 2 aliphatic heterocycles. The molecule has 3 nitrogen and oxygen atoms in total. The fraction of sp³-hybridized carbons (Fsp3) is 1.00. The molecule has 1 aliphatic carbocycles. The van der Waals surface area contributed by atoms with E-state index in [1.807, 2.05) is 0 Å². The third kappa shape index (κ3) is 2.73. The van der Waals surface area contributed by atoms with Crippen molar-refractivity contribution in [3.05, 3.63) is 0 Å². The van der Waals surface area contributed by atoms with Crippen LogP contribution in [0.15, 0.2) is 0 Å². The molecule has 3 unspecified atom stereocenters. The summed E-state index contributed by atoms with van der Waals surface area (Å²) < 4.78 is 0.